The first-order valence-electron chi connectivity index (χ1n) is 9.36. The number of benzene rings is 1. The number of nitrogens with one attached hydrogen (secondary N) is 2. The fourth-order valence-electron chi connectivity index (χ4n) is 3.01. The number of methoxy groups -OCH3 is 2. The van der Waals surface area contributed by atoms with Crippen LogP contribution < -0.4 is 20.1 Å². The van der Waals surface area contributed by atoms with Crippen molar-refractivity contribution in [3.05, 3.63) is 41.7 Å². The summed E-state index contributed by atoms with van der Waals surface area (Å²) in [4.78, 5) is 20.7. The molecule has 28 heavy (non-hydrogen) atoms. The standard InChI is InChI=1S/C20H26N4O4/c1-26-17-6-5-14(10-18(17)27-2)7-8-21-19(25)15-11-22-20(23-12-15)24-13-16-4-3-9-28-16/h5-6,10-12,16H,3-4,7-9,13H2,1-2H3,(H,21,25)(H,22,23,24). The van der Waals surface area contributed by atoms with Crippen LogP contribution in [-0.4, -0.2) is 55.9 Å². The van der Waals surface area contributed by atoms with E-state index in [0.717, 1.165) is 25.0 Å². The van der Waals surface area contributed by atoms with Gasteiger partial charge in [-0.2, -0.15) is 0 Å². The molecule has 150 valence electrons. The highest BCUT2D eigenvalue weighted by Gasteiger charge is 2.15. The number of carbonyl (C=O) groups excluding carboxylic acids is 1. The first kappa shape index (κ1) is 19.9. The second-order valence-corrected chi connectivity index (χ2v) is 6.51. The van der Waals surface area contributed by atoms with E-state index in [1.807, 2.05) is 18.2 Å². The van der Waals surface area contributed by atoms with Gasteiger partial charge in [-0.15, -0.1) is 0 Å². The van der Waals surface area contributed by atoms with Gasteiger partial charge in [-0.25, -0.2) is 9.97 Å². The lowest BCUT2D eigenvalue weighted by molar-refractivity contribution is 0.0953. The molecule has 1 aliphatic heterocycles. The highest BCUT2D eigenvalue weighted by molar-refractivity contribution is 5.93. The molecular formula is C20H26N4O4. The Morgan fingerprint density at radius 1 is 1.21 bits per heavy atom. The Labute approximate surface area is 164 Å². The van der Waals surface area contributed by atoms with Crippen LogP contribution >= 0.6 is 0 Å². The van der Waals surface area contributed by atoms with E-state index in [1.54, 1.807) is 14.2 Å². The largest absolute Gasteiger partial charge is 0.493 e. The van der Waals surface area contributed by atoms with Gasteiger partial charge in [0, 0.05) is 32.1 Å². The van der Waals surface area contributed by atoms with Crippen molar-refractivity contribution in [1.29, 1.82) is 0 Å². The summed E-state index contributed by atoms with van der Waals surface area (Å²) in [5.41, 5.74) is 1.47. The van der Waals surface area contributed by atoms with E-state index in [-0.39, 0.29) is 12.0 Å². The smallest absolute Gasteiger partial charge is 0.254 e. The zero-order valence-electron chi connectivity index (χ0n) is 16.2. The highest BCUT2D eigenvalue weighted by Crippen LogP contribution is 2.27. The van der Waals surface area contributed by atoms with Crippen LogP contribution in [0.25, 0.3) is 0 Å². The van der Waals surface area contributed by atoms with Crippen LogP contribution in [0.1, 0.15) is 28.8 Å². The molecule has 2 N–H and O–H groups in total. The van der Waals surface area contributed by atoms with E-state index in [0.29, 0.717) is 42.5 Å². The van der Waals surface area contributed by atoms with Crippen LogP contribution in [0.3, 0.4) is 0 Å². The number of hydrogen-bond acceptors (Lipinski definition) is 7. The van der Waals surface area contributed by atoms with Crippen LogP contribution in [-0.2, 0) is 11.2 Å². The summed E-state index contributed by atoms with van der Waals surface area (Å²) in [5, 5.41) is 6.01. The Kier molecular flexibility index (Phi) is 7.02. The third kappa shape index (κ3) is 5.32. The fourth-order valence-corrected chi connectivity index (χ4v) is 3.01. The number of nitrogens with zero attached hydrogens (tertiary/aromatic N) is 2. The van der Waals surface area contributed by atoms with Gasteiger partial charge in [0.05, 0.1) is 25.9 Å². The van der Waals surface area contributed by atoms with E-state index >= 15 is 0 Å². The van der Waals surface area contributed by atoms with E-state index in [9.17, 15) is 4.79 Å². The first-order valence-corrected chi connectivity index (χ1v) is 9.36. The average Bonchev–Trinajstić information content (AvgIpc) is 3.26. The molecule has 8 heteroatoms. The number of carbonyl (C=O) groups is 1. The molecule has 0 saturated carbocycles. The molecule has 2 aromatic rings. The Morgan fingerprint density at radius 3 is 2.68 bits per heavy atom. The van der Waals surface area contributed by atoms with Gasteiger partial charge in [-0.05, 0) is 37.0 Å². The number of aromatic nitrogens is 2. The van der Waals surface area contributed by atoms with Crippen molar-refractivity contribution in [2.45, 2.75) is 25.4 Å². The van der Waals surface area contributed by atoms with Gasteiger partial charge >= 0.3 is 0 Å². The normalized spacial score (nSPS) is 15.9. The lowest BCUT2D eigenvalue weighted by atomic mass is 10.1. The maximum Gasteiger partial charge on any atom is 0.254 e. The van der Waals surface area contributed by atoms with Gasteiger partial charge in [0.25, 0.3) is 5.91 Å². The van der Waals surface area contributed by atoms with Gasteiger partial charge < -0.3 is 24.8 Å². The molecule has 1 aromatic heterocycles. The van der Waals surface area contributed by atoms with E-state index in [1.165, 1.54) is 12.4 Å². The molecule has 1 amide bonds. The molecule has 1 fully saturated rings. The van der Waals surface area contributed by atoms with Crippen molar-refractivity contribution in [2.24, 2.45) is 0 Å². The Balaban J connectivity index is 1.45. The third-order valence-electron chi connectivity index (χ3n) is 4.57. The number of rotatable bonds is 9. The molecule has 2 heterocycles. The molecule has 1 aromatic carbocycles. The molecule has 3 rings (SSSR count). The number of anilines is 1. The molecule has 0 spiro atoms. The lowest BCUT2D eigenvalue weighted by Crippen LogP contribution is -2.26. The van der Waals surface area contributed by atoms with Crippen molar-refractivity contribution in [3.63, 3.8) is 0 Å². The van der Waals surface area contributed by atoms with Gasteiger partial charge in [0.2, 0.25) is 5.95 Å². The van der Waals surface area contributed by atoms with Gasteiger partial charge in [0.1, 0.15) is 0 Å². The second kappa shape index (κ2) is 9.89. The average molecular weight is 386 g/mol. The second-order valence-electron chi connectivity index (χ2n) is 6.51. The first-order chi connectivity index (χ1) is 13.7. The molecule has 1 saturated heterocycles. The van der Waals surface area contributed by atoms with Crippen molar-refractivity contribution in [2.75, 3.05) is 39.2 Å². The van der Waals surface area contributed by atoms with Crippen LogP contribution in [0.5, 0.6) is 11.5 Å². The van der Waals surface area contributed by atoms with Gasteiger partial charge in [0.15, 0.2) is 11.5 Å². The molecular weight excluding hydrogens is 360 g/mol. The van der Waals surface area contributed by atoms with Crippen LogP contribution in [0.4, 0.5) is 5.95 Å². The molecule has 1 atom stereocenters. The summed E-state index contributed by atoms with van der Waals surface area (Å²) in [5.74, 6) is 1.65. The van der Waals surface area contributed by atoms with E-state index in [2.05, 4.69) is 20.6 Å². The zero-order chi connectivity index (χ0) is 19.8. The summed E-state index contributed by atoms with van der Waals surface area (Å²) in [6.45, 7) is 1.99. The van der Waals surface area contributed by atoms with Crippen LogP contribution in [0, 0.1) is 0 Å². The Hall–Kier alpha value is -2.87. The van der Waals surface area contributed by atoms with Crippen molar-refractivity contribution < 1.29 is 19.0 Å². The number of ether oxygens (including phenoxy) is 3. The SMILES string of the molecule is COc1ccc(CCNC(=O)c2cnc(NCC3CCCO3)nc2)cc1OC. The Bertz CT molecular complexity index is 776. The molecule has 1 aliphatic rings. The molecule has 0 aliphatic carbocycles. The number of hydrogen-bond donors (Lipinski definition) is 2. The molecule has 1 unspecified atom stereocenters. The molecule has 8 nitrogen and oxygen atoms in total. The maximum atomic E-state index is 12.3. The summed E-state index contributed by atoms with van der Waals surface area (Å²) in [6.07, 6.45) is 6.08. The minimum atomic E-state index is -0.203. The van der Waals surface area contributed by atoms with Crippen LogP contribution in [0.2, 0.25) is 0 Å². The molecule has 0 radical (unpaired) electrons. The van der Waals surface area contributed by atoms with Crippen molar-refractivity contribution >= 4 is 11.9 Å². The van der Waals surface area contributed by atoms with Crippen molar-refractivity contribution in [3.8, 4) is 11.5 Å². The van der Waals surface area contributed by atoms with Crippen molar-refractivity contribution in [1.82, 2.24) is 15.3 Å². The van der Waals surface area contributed by atoms with E-state index < -0.39 is 0 Å². The third-order valence-corrected chi connectivity index (χ3v) is 4.57. The quantitative estimate of drug-likeness (QED) is 0.681. The predicted octanol–water partition coefficient (Wildman–Crippen LogP) is 2.06. The highest BCUT2D eigenvalue weighted by atomic mass is 16.5. The maximum absolute atomic E-state index is 12.3. The summed E-state index contributed by atoms with van der Waals surface area (Å²) < 4.78 is 16.1. The summed E-state index contributed by atoms with van der Waals surface area (Å²) in [6, 6.07) is 5.71. The van der Waals surface area contributed by atoms with Gasteiger partial charge in [-0.1, -0.05) is 6.07 Å². The van der Waals surface area contributed by atoms with E-state index in [4.69, 9.17) is 14.2 Å². The fraction of sp³-hybridized carbons (Fsp3) is 0.450. The summed E-state index contributed by atoms with van der Waals surface area (Å²) >= 11 is 0. The topological polar surface area (TPSA) is 94.6 Å². The van der Waals surface area contributed by atoms with Crippen LogP contribution in [0.15, 0.2) is 30.6 Å². The summed E-state index contributed by atoms with van der Waals surface area (Å²) in [7, 11) is 3.20. The molecule has 0 bridgehead atoms. The monoisotopic (exact) mass is 386 g/mol. The minimum absolute atomic E-state index is 0.203. The number of amides is 1. The lowest BCUT2D eigenvalue weighted by Gasteiger charge is -2.11. The zero-order valence-corrected chi connectivity index (χ0v) is 16.2. The van der Waals surface area contributed by atoms with Gasteiger partial charge in [-0.3, -0.25) is 4.79 Å². The minimum Gasteiger partial charge on any atom is -0.493 e. The Morgan fingerprint density at radius 2 is 2.00 bits per heavy atom. The predicted molar refractivity (Wildman–Crippen MR) is 105 cm³/mol.